The van der Waals surface area contributed by atoms with Gasteiger partial charge in [-0.25, -0.2) is 0 Å². The number of halogens is 3. The highest BCUT2D eigenvalue weighted by atomic mass is 19.4. The molecule has 0 aliphatic rings. The maximum Gasteiger partial charge on any atom is 0.416 e. The number of rotatable bonds is 10. The molecule has 0 radical (unpaired) electrons. The van der Waals surface area contributed by atoms with Crippen molar-refractivity contribution in [2.45, 2.75) is 39.2 Å². The van der Waals surface area contributed by atoms with Crippen molar-refractivity contribution >= 4 is 0 Å². The van der Waals surface area contributed by atoms with Crippen LogP contribution in [0.3, 0.4) is 0 Å². The summed E-state index contributed by atoms with van der Waals surface area (Å²) in [6.07, 6.45) is -1.49. The quantitative estimate of drug-likeness (QED) is 0.373. The van der Waals surface area contributed by atoms with Crippen LogP contribution >= 0.6 is 0 Å². The van der Waals surface area contributed by atoms with Crippen molar-refractivity contribution in [2.75, 3.05) is 20.3 Å². The second-order valence-electron chi connectivity index (χ2n) is 7.87. The number of alkyl halides is 3. The van der Waals surface area contributed by atoms with Gasteiger partial charge in [0.1, 0.15) is 0 Å². The van der Waals surface area contributed by atoms with Crippen molar-refractivity contribution in [3.63, 3.8) is 0 Å². The van der Waals surface area contributed by atoms with Crippen molar-refractivity contribution in [1.29, 1.82) is 0 Å². The number of hydrogen-bond donors (Lipinski definition) is 0. The number of aryl methyl sites for hydroxylation is 1. The largest absolute Gasteiger partial charge is 0.416 e. The monoisotopic (exact) mass is 430 g/mol. The van der Waals surface area contributed by atoms with Gasteiger partial charge in [-0.1, -0.05) is 42.0 Å². The third kappa shape index (κ3) is 6.97. The summed E-state index contributed by atoms with van der Waals surface area (Å²) < 4.78 is 46.4. The summed E-state index contributed by atoms with van der Waals surface area (Å²) in [5.74, 6) is 0. The van der Waals surface area contributed by atoms with Gasteiger partial charge in [0.2, 0.25) is 0 Å². The number of benzene rings is 2. The maximum absolute atomic E-state index is 13.1. The first-order valence-corrected chi connectivity index (χ1v) is 10.4. The minimum atomic E-state index is -4.33. The second kappa shape index (κ2) is 10.6. The van der Waals surface area contributed by atoms with E-state index in [9.17, 15) is 13.2 Å². The molecule has 3 nitrogen and oxygen atoms in total. The molecule has 0 amide bonds. The number of ether oxygens (including phenoxy) is 1. The zero-order valence-electron chi connectivity index (χ0n) is 18.0. The predicted octanol–water partition coefficient (Wildman–Crippen LogP) is 5.90. The predicted molar refractivity (Wildman–Crippen MR) is 117 cm³/mol. The molecule has 6 heteroatoms. The molecule has 1 heterocycles. The van der Waals surface area contributed by atoms with Gasteiger partial charge < -0.3 is 9.30 Å². The molecule has 166 valence electrons. The van der Waals surface area contributed by atoms with E-state index in [1.54, 1.807) is 13.2 Å². The van der Waals surface area contributed by atoms with E-state index in [0.29, 0.717) is 25.3 Å². The van der Waals surface area contributed by atoms with Gasteiger partial charge in [-0.2, -0.15) is 13.2 Å². The molecule has 31 heavy (non-hydrogen) atoms. The molecule has 3 rings (SSSR count). The highest BCUT2D eigenvalue weighted by Crippen LogP contribution is 2.29. The van der Waals surface area contributed by atoms with Crippen LogP contribution in [0.25, 0.3) is 0 Å². The van der Waals surface area contributed by atoms with Gasteiger partial charge in [0.15, 0.2) is 0 Å². The lowest BCUT2D eigenvalue weighted by Gasteiger charge is -2.23. The van der Waals surface area contributed by atoms with Crippen LogP contribution in [0, 0.1) is 6.92 Å². The molecule has 0 aliphatic heterocycles. The van der Waals surface area contributed by atoms with E-state index in [4.69, 9.17) is 4.74 Å². The third-order valence-electron chi connectivity index (χ3n) is 5.27. The van der Waals surface area contributed by atoms with Gasteiger partial charge in [-0.15, -0.1) is 0 Å². The van der Waals surface area contributed by atoms with Crippen LogP contribution in [0.15, 0.2) is 66.9 Å². The van der Waals surface area contributed by atoms with Crippen molar-refractivity contribution in [2.24, 2.45) is 0 Å². The average Bonchev–Trinajstić information content (AvgIpc) is 3.16. The van der Waals surface area contributed by atoms with Crippen molar-refractivity contribution in [1.82, 2.24) is 9.47 Å². The average molecular weight is 431 g/mol. The lowest BCUT2D eigenvalue weighted by Crippen LogP contribution is -2.26. The van der Waals surface area contributed by atoms with Gasteiger partial charge >= 0.3 is 6.18 Å². The third-order valence-corrected chi connectivity index (χ3v) is 5.27. The second-order valence-corrected chi connectivity index (χ2v) is 7.87. The Morgan fingerprint density at radius 1 is 0.935 bits per heavy atom. The number of hydrogen-bond acceptors (Lipinski definition) is 2. The molecule has 0 N–H and O–H groups in total. The van der Waals surface area contributed by atoms with E-state index in [0.717, 1.165) is 31.3 Å². The Bertz CT molecular complexity index is 948. The summed E-state index contributed by atoms with van der Waals surface area (Å²) in [5.41, 5.74) is 3.56. The topological polar surface area (TPSA) is 17.4 Å². The van der Waals surface area contributed by atoms with Gasteiger partial charge in [0, 0.05) is 51.8 Å². The van der Waals surface area contributed by atoms with Crippen molar-refractivity contribution < 1.29 is 17.9 Å². The van der Waals surface area contributed by atoms with Crippen LogP contribution in [0.2, 0.25) is 0 Å². The number of nitrogens with zero attached hydrogens (tertiary/aromatic N) is 2. The van der Waals surface area contributed by atoms with E-state index >= 15 is 0 Å². The van der Waals surface area contributed by atoms with Crippen LogP contribution in [0.5, 0.6) is 0 Å². The van der Waals surface area contributed by atoms with Crippen LogP contribution in [-0.2, 0) is 30.5 Å². The molecule has 1 aromatic heterocycles. The van der Waals surface area contributed by atoms with Gasteiger partial charge in [-0.05, 0) is 48.7 Å². The molecule has 0 spiro atoms. The summed E-state index contributed by atoms with van der Waals surface area (Å²) in [4.78, 5) is 2.35. The van der Waals surface area contributed by atoms with Crippen LogP contribution in [-0.4, -0.2) is 29.7 Å². The minimum Gasteiger partial charge on any atom is -0.385 e. The first-order valence-electron chi connectivity index (χ1n) is 10.4. The summed E-state index contributed by atoms with van der Waals surface area (Å²) in [6, 6.07) is 18.0. The Hall–Kier alpha value is -2.57. The van der Waals surface area contributed by atoms with Crippen molar-refractivity contribution in [3.05, 3.63) is 94.8 Å². The molecule has 0 saturated heterocycles. The van der Waals surface area contributed by atoms with E-state index in [1.807, 2.05) is 22.9 Å². The molecular formula is C25H29F3N2O. The molecule has 3 aromatic rings. The molecule has 0 atom stereocenters. The van der Waals surface area contributed by atoms with Crippen molar-refractivity contribution in [3.8, 4) is 0 Å². The molecule has 0 fully saturated rings. The SMILES string of the molecule is COCCCN(Cc1ccc(C)cc1)Cc1cccn1Cc1cccc(C(F)(F)F)c1. The van der Waals surface area contributed by atoms with E-state index in [-0.39, 0.29) is 0 Å². The number of aromatic nitrogens is 1. The fraction of sp³-hybridized carbons (Fsp3) is 0.360. The van der Waals surface area contributed by atoms with Gasteiger partial charge in [-0.3, -0.25) is 4.90 Å². The smallest absolute Gasteiger partial charge is 0.385 e. The van der Waals surface area contributed by atoms with E-state index < -0.39 is 11.7 Å². The normalized spacial score (nSPS) is 11.9. The first-order chi connectivity index (χ1) is 14.8. The minimum absolute atomic E-state index is 0.405. The number of methoxy groups -OCH3 is 1. The van der Waals surface area contributed by atoms with Crippen LogP contribution in [0.4, 0.5) is 13.2 Å². The lowest BCUT2D eigenvalue weighted by molar-refractivity contribution is -0.137. The zero-order chi connectivity index (χ0) is 22.3. The Morgan fingerprint density at radius 2 is 1.71 bits per heavy atom. The summed E-state index contributed by atoms with van der Waals surface area (Å²) in [5, 5.41) is 0. The lowest BCUT2D eigenvalue weighted by atomic mass is 10.1. The van der Waals surface area contributed by atoms with Crippen LogP contribution in [0.1, 0.15) is 34.4 Å². The molecule has 0 saturated carbocycles. The van der Waals surface area contributed by atoms with Gasteiger partial charge in [0.05, 0.1) is 5.56 Å². The Kier molecular flexibility index (Phi) is 7.93. The molecule has 0 aliphatic carbocycles. The highest BCUT2D eigenvalue weighted by molar-refractivity contribution is 5.27. The van der Waals surface area contributed by atoms with E-state index in [1.165, 1.54) is 23.3 Å². The summed E-state index contributed by atoms with van der Waals surface area (Å²) in [7, 11) is 1.70. The highest BCUT2D eigenvalue weighted by Gasteiger charge is 2.30. The standard InChI is InChI=1S/C25H29F3N2O/c1-20-9-11-21(12-10-20)17-29(13-5-15-31-2)19-24-8-4-14-30(24)18-22-6-3-7-23(16-22)25(26,27)28/h3-4,6-12,14,16H,5,13,15,17-19H2,1-2H3. The summed E-state index contributed by atoms with van der Waals surface area (Å²) in [6.45, 7) is 5.55. The molecule has 0 bridgehead atoms. The molecule has 2 aromatic carbocycles. The first kappa shape index (κ1) is 23.1. The zero-order valence-corrected chi connectivity index (χ0v) is 18.0. The molecular weight excluding hydrogens is 401 g/mol. The Balaban J connectivity index is 1.73. The maximum atomic E-state index is 13.1. The van der Waals surface area contributed by atoms with Gasteiger partial charge in [0.25, 0.3) is 0 Å². The Labute approximate surface area is 182 Å². The fourth-order valence-electron chi connectivity index (χ4n) is 3.62. The van der Waals surface area contributed by atoms with Crippen LogP contribution < -0.4 is 0 Å². The Morgan fingerprint density at radius 3 is 2.42 bits per heavy atom. The molecule has 0 unspecified atom stereocenters. The van der Waals surface area contributed by atoms with E-state index in [2.05, 4.69) is 36.1 Å². The summed E-state index contributed by atoms with van der Waals surface area (Å²) >= 11 is 0. The fourth-order valence-corrected chi connectivity index (χ4v) is 3.62.